The zero-order valence-corrected chi connectivity index (χ0v) is 14.1. The van der Waals surface area contributed by atoms with Gasteiger partial charge in [-0.25, -0.2) is 14.1 Å². The lowest BCUT2D eigenvalue weighted by Crippen LogP contribution is -2.12. The Morgan fingerprint density at radius 3 is 2.36 bits per heavy atom. The molecular weight excluding hydrogens is 320 g/mol. The maximum absolute atomic E-state index is 12.6. The standard InChI is InChI=1S/C19H18N2O4/c1-3-24-18(22)15-12-21-17(16(15)19(23)25-4-2)14(10-11-20-21)13-8-6-5-7-9-13/h5-12H,3-4H2,1-2H3. The van der Waals surface area contributed by atoms with Crippen molar-refractivity contribution < 1.29 is 19.1 Å². The van der Waals surface area contributed by atoms with Gasteiger partial charge in [0.05, 0.1) is 24.3 Å². The maximum atomic E-state index is 12.6. The average Bonchev–Trinajstić information content (AvgIpc) is 3.02. The second kappa shape index (κ2) is 7.17. The summed E-state index contributed by atoms with van der Waals surface area (Å²) in [4.78, 5) is 24.9. The number of nitrogens with zero attached hydrogens (tertiary/aromatic N) is 2. The van der Waals surface area contributed by atoms with Gasteiger partial charge in [0.1, 0.15) is 5.56 Å². The van der Waals surface area contributed by atoms with E-state index in [1.807, 2.05) is 36.4 Å². The second-order valence-corrected chi connectivity index (χ2v) is 5.26. The van der Waals surface area contributed by atoms with E-state index in [1.54, 1.807) is 20.0 Å². The zero-order chi connectivity index (χ0) is 17.8. The molecule has 6 nitrogen and oxygen atoms in total. The number of carbonyl (C=O) groups is 2. The molecule has 25 heavy (non-hydrogen) atoms. The Balaban J connectivity index is 2.30. The van der Waals surface area contributed by atoms with E-state index in [2.05, 4.69) is 5.10 Å². The highest BCUT2D eigenvalue weighted by atomic mass is 16.5. The molecule has 0 atom stereocenters. The van der Waals surface area contributed by atoms with Crippen LogP contribution in [0.1, 0.15) is 34.6 Å². The smallest absolute Gasteiger partial charge is 0.341 e. The lowest BCUT2D eigenvalue weighted by atomic mass is 10.0. The van der Waals surface area contributed by atoms with E-state index in [4.69, 9.17) is 9.47 Å². The van der Waals surface area contributed by atoms with Crippen LogP contribution in [0, 0.1) is 0 Å². The molecule has 3 rings (SSSR count). The number of carbonyl (C=O) groups excluding carboxylic acids is 2. The van der Waals surface area contributed by atoms with Crippen LogP contribution >= 0.6 is 0 Å². The number of benzene rings is 1. The van der Waals surface area contributed by atoms with Gasteiger partial charge in [-0.1, -0.05) is 30.3 Å². The van der Waals surface area contributed by atoms with Crippen LogP contribution in [0.4, 0.5) is 0 Å². The van der Waals surface area contributed by atoms with Gasteiger partial charge < -0.3 is 9.47 Å². The predicted octanol–water partition coefficient (Wildman–Crippen LogP) is 3.35. The molecule has 6 heteroatoms. The number of rotatable bonds is 5. The van der Waals surface area contributed by atoms with Crippen molar-refractivity contribution in [2.24, 2.45) is 0 Å². The van der Waals surface area contributed by atoms with Crippen LogP contribution in [0.3, 0.4) is 0 Å². The van der Waals surface area contributed by atoms with Crippen molar-refractivity contribution in [1.29, 1.82) is 0 Å². The summed E-state index contributed by atoms with van der Waals surface area (Å²) in [7, 11) is 0. The fraction of sp³-hybridized carbons (Fsp3) is 0.211. The summed E-state index contributed by atoms with van der Waals surface area (Å²) in [5.74, 6) is -1.15. The first-order valence-electron chi connectivity index (χ1n) is 8.07. The molecule has 0 radical (unpaired) electrons. The lowest BCUT2D eigenvalue weighted by Gasteiger charge is -2.08. The first-order chi connectivity index (χ1) is 12.2. The summed E-state index contributed by atoms with van der Waals surface area (Å²) >= 11 is 0. The summed E-state index contributed by atoms with van der Waals surface area (Å²) in [6.07, 6.45) is 3.13. The second-order valence-electron chi connectivity index (χ2n) is 5.26. The molecular formula is C19H18N2O4. The molecule has 2 heterocycles. The van der Waals surface area contributed by atoms with E-state index in [9.17, 15) is 9.59 Å². The molecule has 0 bridgehead atoms. The SMILES string of the molecule is CCOC(=O)c1cn2nccc(-c3ccccc3)c2c1C(=O)OCC. The average molecular weight is 338 g/mol. The molecule has 0 fully saturated rings. The van der Waals surface area contributed by atoms with Gasteiger partial charge >= 0.3 is 11.9 Å². The normalized spacial score (nSPS) is 10.6. The Morgan fingerprint density at radius 2 is 1.68 bits per heavy atom. The van der Waals surface area contributed by atoms with E-state index in [0.29, 0.717) is 5.52 Å². The van der Waals surface area contributed by atoms with Crippen molar-refractivity contribution in [3.05, 3.63) is 59.9 Å². The Labute approximate surface area is 145 Å². The third kappa shape index (κ3) is 3.10. The molecule has 1 aromatic carbocycles. The summed E-state index contributed by atoms with van der Waals surface area (Å²) < 4.78 is 11.8. The van der Waals surface area contributed by atoms with Gasteiger partial charge in [-0.05, 0) is 25.5 Å². The van der Waals surface area contributed by atoms with Gasteiger partial charge in [-0.2, -0.15) is 5.10 Å². The van der Waals surface area contributed by atoms with Crippen LogP contribution in [0.5, 0.6) is 0 Å². The van der Waals surface area contributed by atoms with Gasteiger partial charge in [0.2, 0.25) is 0 Å². The topological polar surface area (TPSA) is 69.9 Å². The number of hydrogen-bond acceptors (Lipinski definition) is 5. The predicted molar refractivity (Wildman–Crippen MR) is 92.5 cm³/mol. The van der Waals surface area contributed by atoms with Crippen molar-refractivity contribution >= 4 is 17.5 Å². The summed E-state index contributed by atoms with van der Waals surface area (Å²) in [6.45, 7) is 3.85. The first kappa shape index (κ1) is 16.7. The highest BCUT2D eigenvalue weighted by Gasteiger charge is 2.27. The molecule has 3 aromatic rings. The van der Waals surface area contributed by atoms with Gasteiger partial charge in [0, 0.05) is 18.0 Å². The largest absolute Gasteiger partial charge is 0.462 e. The van der Waals surface area contributed by atoms with Crippen LogP contribution in [0.25, 0.3) is 16.6 Å². The fourth-order valence-corrected chi connectivity index (χ4v) is 2.73. The molecule has 0 saturated heterocycles. The highest BCUT2D eigenvalue weighted by Crippen LogP contribution is 2.30. The monoisotopic (exact) mass is 338 g/mol. The minimum Gasteiger partial charge on any atom is -0.462 e. The quantitative estimate of drug-likeness (QED) is 0.667. The van der Waals surface area contributed by atoms with Crippen molar-refractivity contribution in [2.75, 3.05) is 13.2 Å². The molecule has 0 aliphatic heterocycles. The van der Waals surface area contributed by atoms with Gasteiger partial charge in [0.15, 0.2) is 0 Å². The van der Waals surface area contributed by atoms with E-state index < -0.39 is 11.9 Å². The molecule has 0 saturated carbocycles. The van der Waals surface area contributed by atoms with Crippen molar-refractivity contribution in [2.45, 2.75) is 13.8 Å². The minimum absolute atomic E-state index is 0.149. The van der Waals surface area contributed by atoms with E-state index >= 15 is 0 Å². The summed E-state index contributed by atoms with van der Waals surface area (Å²) in [6, 6.07) is 11.4. The lowest BCUT2D eigenvalue weighted by molar-refractivity contribution is 0.0482. The van der Waals surface area contributed by atoms with Gasteiger partial charge in [0.25, 0.3) is 0 Å². The summed E-state index contributed by atoms with van der Waals surface area (Å²) in [5, 5.41) is 4.23. The van der Waals surface area contributed by atoms with Gasteiger partial charge in [-0.15, -0.1) is 0 Å². The molecule has 0 spiro atoms. The van der Waals surface area contributed by atoms with Crippen LogP contribution in [-0.2, 0) is 9.47 Å². The third-order valence-corrected chi connectivity index (χ3v) is 3.73. The maximum Gasteiger partial charge on any atom is 0.341 e. The Morgan fingerprint density at radius 1 is 1.00 bits per heavy atom. The van der Waals surface area contributed by atoms with Crippen molar-refractivity contribution in [3.63, 3.8) is 0 Å². The van der Waals surface area contributed by atoms with Crippen LogP contribution in [0.15, 0.2) is 48.8 Å². The Hall–Kier alpha value is -3.15. The number of fused-ring (bicyclic) bond motifs is 1. The molecule has 0 aliphatic carbocycles. The van der Waals surface area contributed by atoms with E-state index in [1.165, 1.54) is 10.7 Å². The van der Waals surface area contributed by atoms with Crippen LogP contribution in [-0.4, -0.2) is 34.8 Å². The number of aromatic nitrogens is 2. The van der Waals surface area contributed by atoms with Crippen molar-refractivity contribution in [1.82, 2.24) is 9.61 Å². The van der Waals surface area contributed by atoms with Crippen LogP contribution in [0.2, 0.25) is 0 Å². The zero-order valence-electron chi connectivity index (χ0n) is 14.1. The molecule has 128 valence electrons. The number of hydrogen-bond donors (Lipinski definition) is 0. The van der Waals surface area contributed by atoms with Gasteiger partial charge in [-0.3, -0.25) is 0 Å². The van der Waals surface area contributed by atoms with E-state index in [0.717, 1.165) is 11.1 Å². The number of esters is 2. The van der Waals surface area contributed by atoms with Crippen molar-refractivity contribution in [3.8, 4) is 11.1 Å². The Bertz CT molecular complexity index is 916. The summed E-state index contributed by atoms with van der Waals surface area (Å²) in [5.41, 5.74) is 2.54. The fourth-order valence-electron chi connectivity index (χ4n) is 2.73. The van der Waals surface area contributed by atoms with Crippen LogP contribution < -0.4 is 0 Å². The molecule has 2 aromatic heterocycles. The third-order valence-electron chi connectivity index (χ3n) is 3.73. The molecule has 0 amide bonds. The molecule has 0 aliphatic rings. The highest BCUT2D eigenvalue weighted by molar-refractivity contribution is 6.11. The molecule has 0 N–H and O–H groups in total. The number of ether oxygens (including phenoxy) is 2. The minimum atomic E-state index is -0.574. The molecule has 0 unspecified atom stereocenters. The Kier molecular flexibility index (Phi) is 4.79. The van der Waals surface area contributed by atoms with E-state index in [-0.39, 0.29) is 24.3 Å². The first-order valence-corrected chi connectivity index (χ1v) is 8.07.